The van der Waals surface area contributed by atoms with Gasteiger partial charge in [0.2, 0.25) is 0 Å². The first-order chi connectivity index (χ1) is 8.86. The molecular formula is C11H14ClN3O4. The first-order valence-corrected chi connectivity index (χ1v) is 5.96. The van der Waals surface area contributed by atoms with E-state index in [2.05, 4.69) is 10.3 Å². The van der Waals surface area contributed by atoms with Gasteiger partial charge in [0, 0.05) is 6.07 Å². The Labute approximate surface area is 114 Å². The zero-order valence-corrected chi connectivity index (χ0v) is 11.2. The molecule has 19 heavy (non-hydrogen) atoms. The van der Waals surface area contributed by atoms with Gasteiger partial charge in [0.05, 0.1) is 23.1 Å². The summed E-state index contributed by atoms with van der Waals surface area (Å²) in [7, 11) is 0. The molecule has 1 atom stereocenters. The predicted octanol–water partition coefficient (Wildman–Crippen LogP) is 1.39. The van der Waals surface area contributed by atoms with Crippen molar-refractivity contribution in [2.24, 2.45) is 5.92 Å². The number of nitro groups is 1. The Morgan fingerprint density at radius 1 is 1.63 bits per heavy atom. The highest BCUT2D eigenvalue weighted by Gasteiger charge is 2.21. The van der Waals surface area contributed by atoms with E-state index >= 15 is 0 Å². The van der Waals surface area contributed by atoms with Crippen molar-refractivity contribution < 1.29 is 14.8 Å². The van der Waals surface area contributed by atoms with E-state index in [4.69, 9.17) is 16.7 Å². The molecule has 0 saturated heterocycles. The van der Waals surface area contributed by atoms with Crippen molar-refractivity contribution in [3.8, 4) is 0 Å². The Bertz CT molecular complexity index is 493. The number of aliphatic hydroxyl groups is 1. The molecule has 1 amide bonds. The van der Waals surface area contributed by atoms with Crippen molar-refractivity contribution in [1.82, 2.24) is 10.3 Å². The van der Waals surface area contributed by atoms with E-state index in [1.165, 1.54) is 0 Å². The molecule has 7 nitrogen and oxygen atoms in total. The monoisotopic (exact) mass is 287 g/mol. The first kappa shape index (κ1) is 15.3. The van der Waals surface area contributed by atoms with Crippen LogP contribution in [-0.2, 0) is 0 Å². The highest BCUT2D eigenvalue weighted by Crippen LogP contribution is 2.19. The highest BCUT2D eigenvalue weighted by atomic mass is 35.5. The van der Waals surface area contributed by atoms with Crippen LogP contribution in [0, 0.1) is 16.0 Å². The zero-order chi connectivity index (χ0) is 14.6. The van der Waals surface area contributed by atoms with E-state index in [1.54, 1.807) is 0 Å². The number of carbonyl (C=O) groups is 1. The van der Waals surface area contributed by atoms with E-state index < -0.39 is 16.9 Å². The summed E-state index contributed by atoms with van der Waals surface area (Å²) in [6, 6.07) is 0.599. The number of aliphatic hydroxyl groups excluding tert-OH is 1. The number of nitrogens with zero attached hydrogens (tertiary/aromatic N) is 2. The van der Waals surface area contributed by atoms with Crippen LogP contribution in [0.2, 0.25) is 5.15 Å². The van der Waals surface area contributed by atoms with Crippen LogP contribution >= 0.6 is 11.6 Å². The summed E-state index contributed by atoms with van der Waals surface area (Å²) in [5.74, 6) is -0.590. The van der Waals surface area contributed by atoms with Crippen LogP contribution < -0.4 is 5.32 Å². The fourth-order valence-electron chi connectivity index (χ4n) is 1.37. The first-order valence-electron chi connectivity index (χ1n) is 5.58. The molecule has 0 saturated carbocycles. The Balaban J connectivity index is 2.99. The maximum Gasteiger partial charge on any atom is 0.288 e. The second-order valence-electron chi connectivity index (χ2n) is 4.30. The van der Waals surface area contributed by atoms with Gasteiger partial charge < -0.3 is 10.4 Å². The molecule has 0 aliphatic heterocycles. The van der Waals surface area contributed by atoms with Crippen LogP contribution in [0.15, 0.2) is 12.3 Å². The van der Waals surface area contributed by atoms with Gasteiger partial charge in [-0.2, -0.15) is 0 Å². The average molecular weight is 288 g/mol. The Hall–Kier alpha value is -1.73. The SMILES string of the molecule is CC(C)C(CO)NC(=O)c1cc([N+](=O)[O-])cnc1Cl. The molecule has 1 aromatic rings. The van der Waals surface area contributed by atoms with Gasteiger partial charge in [0.25, 0.3) is 11.6 Å². The molecule has 0 bridgehead atoms. The maximum absolute atomic E-state index is 11.9. The van der Waals surface area contributed by atoms with E-state index in [1.807, 2.05) is 13.8 Å². The quantitative estimate of drug-likeness (QED) is 0.483. The third-order valence-corrected chi connectivity index (χ3v) is 2.90. The summed E-state index contributed by atoms with van der Waals surface area (Å²) in [6.07, 6.45) is 0.977. The number of hydrogen-bond acceptors (Lipinski definition) is 5. The van der Waals surface area contributed by atoms with Gasteiger partial charge in [0.1, 0.15) is 11.3 Å². The van der Waals surface area contributed by atoms with Crippen molar-refractivity contribution in [2.45, 2.75) is 19.9 Å². The average Bonchev–Trinajstić information content (AvgIpc) is 2.35. The summed E-state index contributed by atoms with van der Waals surface area (Å²) in [5, 5.41) is 22.2. The third kappa shape index (κ3) is 3.87. The summed E-state index contributed by atoms with van der Waals surface area (Å²) < 4.78 is 0. The fourth-order valence-corrected chi connectivity index (χ4v) is 1.55. The summed E-state index contributed by atoms with van der Waals surface area (Å²) >= 11 is 5.74. The van der Waals surface area contributed by atoms with Crippen molar-refractivity contribution in [1.29, 1.82) is 0 Å². The van der Waals surface area contributed by atoms with E-state index in [-0.39, 0.29) is 28.9 Å². The molecule has 0 spiro atoms. The number of carbonyl (C=O) groups excluding carboxylic acids is 1. The molecule has 0 aliphatic carbocycles. The van der Waals surface area contributed by atoms with Crippen LogP contribution in [-0.4, -0.2) is 33.6 Å². The second kappa shape index (κ2) is 6.44. The van der Waals surface area contributed by atoms with Crippen LogP contribution in [0.5, 0.6) is 0 Å². The topological polar surface area (TPSA) is 105 Å². The standard InChI is InChI=1S/C11H14ClN3O4/c1-6(2)9(5-16)14-11(17)8-3-7(15(18)19)4-13-10(8)12/h3-4,6,9,16H,5H2,1-2H3,(H,14,17). The number of rotatable bonds is 5. The number of pyridine rings is 1. The molecule has 2 N–H and O–H groups in total. The van der Waals surface area contributed by atoms with Crippen molar-refractivity contribution >= 4 is 23.2 Å². The minimum Gasteiger partial charge on any atom is -0.394 e. The normalized spacial score (nSPS) is 12.3. The maximum atomic E-state index is 11.9. The van der Waals surface area contributed by atoms with E-state index in [0.717, 1.165) is 12.3 Å². The van der Waals surface area contributed by atoms with Gasteiger partial charge in [0.15, 0.2) is 0 Å². The molecule has 1 unspecified atom stereocenters. The molecule has 8 heteroatoms. The Morgan fingerprint density at radius 3 is 2.74 bits per heavy atom. The van der Waals surface area contributed by atoms with Crippen LogP contribution in [0.1, 0.15) is 24.2 Å². The zero-order valence-electron chi connectivity index (χ0n) is 10.5. The van der Waals surface area contributed by atoms with Gasteiger partial charge in [-0.05, 0) is 5.92 Å². The smallest absolute Gasteiger partial charge is 0.288 e. The lowest BCUT2D eigenvalue weighted by Crippen LogP contribution is -2.41. The predicted molar refractivity (Wildman–Crippen MR) is 69.1 cm³/mol. The molecule has 0 aliphatic rings. The molecule has 1 aromatic heterocycles. The molecule has 104 valence electrons. The molecule has 0 radical (unpaired) electrons. The van der Waals surface area contributed by atoms with Crippen molar-refractivity contribution in [3.63, 3.8) is 0 Å². The lowest BCUT2D eigenvalue weighted by Gasteiger charge is -2.19. The minimum absolute atomic E-state index is 0.0133. The lowest BCUT2D eigenvalue weighted by molar-refractivity contribution is -0.385. The number of aromatic nitrogens is 1. The largest absolute Gasteiger partial charge is 0.394 e. The van der Waals surface area contributed by atoms with Gasteiger partial charge in [-0.1, -0.05) is 25.4 Å². The van der Waals surface area contributed by atoms with Crippen LogP contribution in [0.3, 0.4) is 0 Å². The molecule has 0 aromatic carbocycles. The summed E-state index contributed by atoms with van der Waals surface area (Å²) in [5.41, 5.74) is -0.408. The lowest BCUT2D eigenvalue weighted by atomic mass is 10.1. The second-order valence-corrected chi connectivity index (χ2v) is 4.65. The van der Waals surface area contributed by atoms with Crippen LogP contribution in [0.4, 0.5) is 5.69 Å². The number of halogens is 1. The summed E-state index contributed by atoms with van der Waals surface area (Å²) in [4.78, 5) is 25.5. The van der Waals surface area contributed by atoms with Gasteiger partial charge in [-0.3, -0.25) is 14.9 Å². The van der Waals surface area contributed by atoms with Gasteiger partial charge in [-0.25, -0.2) is 4.98 Å². The molecule has 1 rings (SSSR count). The van der Waals surface area contributed by atoms with E-state index in [0.29, 0.717) is 0 Å². The molecular weight excluding hydrogens is 274 g/mol. The van der Waals surface area contributed by atoms with Gasteiger partial charge >= 0.3 is 0 Å². The number of hydrogen-bond donors (Lipinski definition) is 2. The van der Waals surface area contributed by atoms with Gasteiger partial charge in [-0.15, -0.1) is 0 Å². The number of nitrogens with one attached hydrogen (secondary N) is 1. The minimum atomic E-state index is -0.661. The Kier molecular flexibility index (Phi) is 5.20. The molecule has 1 heterocycles. The third-order valence-electron chi connectivity index (χ3n) is 2.60. The highest BCUT2D eigenvalue weighted by molar-refractivity contribution is 6.32. The van der Waals surface area contributed by atoms with Crippen molar-refractivity contribution in [3.05, 3.63) is 33.1 Å². The molecule has 0 fully saturated rings. The summed E-state index contributed by atoms with van der Waals surface area (Å²) in [6.45, 7) is 3.42. The fraction of sp³-hybridized carbons (Fsp3) is 0.455. The van der Waals surface area contributed by atoms with E-state index in [9.17, 15) is 14.9 Å². The van der Waals surface area contributed by atoms with Crippen molar-refractivity contribution in [2.75, 3.05) is 6.61 Å². The number of amides is 1. The Morgan fingerprint density at radius 2 is 2.26 bits per heavy atom. The van der Waals surface area contributed by atoms with Crippen LogP contribution in [0.25, 0.3) is 0 Å².